The first kappa shape index (κ1) is 7.90. The van der Waals surface area contributed by atoms with E-state index in [1.165, 1.54) is 0 Å². The highest BCUT2D eigenvalue weighted by Gasteiger charge is 2.06. The lowest BCUT2D eigenvalue weighted by molar-refractivity contribution is 1.17. The Morgan fingerprint density at radius 1 is 1.25 bits per heavy atom. The molecule has 62 valence electrons. The summed E-state index contributed by atoms with van der Waals surface area (Å²) in [6, 6.07) is 3.50. The minimum Gasteiger partial charge on any atom is -0.341 e. The molecular formula is C8H6Cl2N2. The van der Waals surface area contributed by atoms with Crippen LogP contribution in [0, 0.1) is 6.92 Å². The molecule has 2 aromatic rings. The molecule has 0 aliphatic rings. The molecule has 0 saturated carbocycles. The maximum atomic E-state index is 5.91. The first-order valence-electron chi connectivity index (χ1n) is 3.49. The average Bonchev–Trinajstić information content (AvgIpc) is 2.41. The summed E-state index contributed by atoms with van der Waals surface area (Å²) < 4.78 is 0. The summed E-state index contributed by atoms with van der Waals surface area (Å²) in [5, 5.41) is 1.27. The van der Waals surface area contributed by atoms with E-state index in [9.17, 15) is 0 Å². The van der Waals surface area contributed by atoms with Crippen molar-refractivity contribution in [3.63, 3.8) is 0 Å². The van der Waals surface area contributed by atoms with E-state index in [-0.39, 0.29) is 0 Å². The number of hydrogen-bond acceptors (Lipinski definition) is 1. The highest BCUT2D eigenvalue weighted by Crippen LogP contribution is 2.27. The van der Waals surface area contributed by atoms with E-state index in [2.05, 4.69) is 9.97 Å². The Labute approximate surface area is 79.5 Å². The summed E-state index contributed by atoms with van der Waals surface area (Å²) in [5.74, 6) is 0.819. The van der Waals surface area contributed by atoms with Gasteiger partial charge in [-0.2, -0.15) is 0 Å². The van der Waals surface area contributed by atoms with Gasteiger partial charge < -0.3 is 4.98 Å². The predicted molar refractivity (Wildman–Crippen MR) is 50.9 cm³/mol. The zero-order valence-electron chi connectivity index (χ0n) is 6.36. The number of aromatic amines is 1. The lowest BCUT2D eigenvalue weighted by atomic mass is 10.3. The van der Waals surface area contributed by atoms with Crippen LogP contribution >= 0.6 is 23.2 Å². The van der Waals surface area contributed by atoms with Crippen LogP contribution in [-0.2, 0) is 0 Å². The number of imidazole rings is 1. The Bertz CT molecular complexity index is 395. The quantitative estimate of drug-likeness (QED) is 0.696. The highest BCUT2D eigenvalue weighted by molar-refractivity contribution is 6.39. The minimum atomic E-state index is 0.624. The lowest BCUT2D eigenvalue weighted by Gasteiger charge is -1.93. The number of halogens is 2. The Morgan fingerprint density at radius 3 is 2.58 bits per heavy atom. The number of H-pyrrole nitrogens is 1. The smallest absolute Gasteiger partial charge is 0.109 e. The summed E-state index contributed by atoms with van der Waals surface area (Å²) >= 11 is 11.8. The van der Waals surface area contributed by atoms with Crippen molar-refractivity contribution in [1.82, 2.24) is 9.97 Å². The van der Waals surface area contributed by atoms with Gasteiger partial charge >= 0.3 is 0 Å². The number of nitrogens with zero attached hydrogens (tertiary/aromatic N) is 1. The molecule has 0 amide bonds. The first-order chi connectivity index (χ1) is 5.68. The van der Waals surface area contributed by atoms with Crippen LogP contribution in [0.4, 0.5) is 0 Å². The fraction of sp³-hybridized carbons (Fsp3) is 0.125. The molecule has 1 aromatic heterocycles. The molecular weight excluding hydrogens is 195 g/mol. The molecule has 0 atom stereocenters. The third-order valence-electron chi connectivity index (χ3n) is 1.66. The van der Waals surface area contributed by atoms with E-state index < -0.39 is 0 Å². The Hall–Kier alpha value is -0.730. The summed E-state index contributed by atoms with van der Waals surface area (Å²) in [7, 11) is 0. The number of hydrogen-bond donors (Lipinski definition) is 1. The minimum absolute atomic E-state index is 0.624. The highest BCUT2D eigenvalue weighted by atomic mass is 35.5. The molecule has 12 heavy (non-hydrogen) atoms. The van der Waals surface area contributed by atoms with Crippen molar-refractivity contribution >= 4 is 34.2 Å². The molecule has 0 aliphatic carbocycles. The maximum absolute atomic E-state index is 5.91. The Kier molecular flexibility index (Phi) is 1.74. The van der Waals surface area contributed by atoms with Gasteiger partial charge in [0, 0.05) is 0 Å². The van der Waals surface area contributed by atoms with Gasteiger partial charge in [0.2, 0.25) is 0 Å². The van der Waals surface area contributed by atoms with Gasteiger partial charge in [0.25, 0.3) is 0 Å². The van der Waals surface area contributed by atoms with E-state index in [1.54, 1.807) is 12.1 Å². The van der Waals surface area contributed by atoms with Crippen LogP contribution < -0.4 is 0 Å². The van der Waals surface area contributed by atoms with Gasteiger partial charge in [0.05, 0.1) is 15.6 Å². The van der Waals surface area contributed by atoms with Gasteiger partial charge in [-0.25, -0.2) is 4.98 Å². The van der Waals surface area contributed by atoms with E-state index in [0.717, 1.165) is 16.9 Å². The van der Waals surface area contributed by atoms with E-state index in [1.807, 2.05) is 6.92 Å². The zero-order chi connectivity index (χ0) is 8.72. The van der Waals surface area contributed by atoms with Crippen molar-refractivity contribution in [3.05, 3.63) is 28.0 Å². The molecule has 0 saturated heterocycles. The van der Waals surface area contributed by atoms with Crippen LogP contribution in [0.15, 0.2) is 12.1 Å². The van der Waals surface area contributed by atoms with Crippen molar-refractivity contribution in [2.24, 2.45) is 0 Å². The Morgan fingerprint density at radius 2 is 1.92 bits per heavy atom. The summed E-state index contributed by atoms with van der Waals surface area (Å²) in [6.45, 7) is 1.87. The third-order valence-corrected chi connectivity index (χ3v) is 2.28. The second-order valence-corrected chi connectivity index (χ2v) is 3.39. The predicted octanol–water partition coefficient (Wildman–Crippen LogP) is 3.18. The van der Waals surface area contributed by atoms with E-state index in [0.29, 0.717) is 10.0 Å². The largest absolute Gasteiger partial charge is 0.341 e. The normalized spacial score (nSPS) is 10.9. The number of nitrogens with one attached hydrogen (secondary N) is 1. The molecule has 0 spiro atoms. The zero-order valence-corrected chi connectivity index (χ0v) is 7.87. The molecule has 0 fully saturated rings. The number of rotatable bonds is 0. The molecule has 0 aliphatic heterocycles. The molecule has 2 rings (SSSR count). The van der Waals surface area contributed by atoms with Crippen molar-refractivity contribution in [2.45, 2.75) is 6.92 Å². The van der Waals surface area contributed by atoms with Crippen LogP contribution in [0.25, 0.3) is 11.0 Å². The van der Waals surface area contributed by atoms with Gasteiger partial charge in [-0.1, -0.05) is 23.2 Å². The monoisotopic (exact) mass is 200 g/mol. The standard InChI is InChI=1S/C8H6Cl2N2/c1-4-11-7-5(9)2-3-6(10)8(7)12-4/h2-3H,1H3,(H,11,12). The summed E-state index contributed by atoms with van der Waals surface area (Å²) in [5.41, 5.74) is 1.54. The van der Waals surface area contributed by atoms with Crippen LogP contribution in [0.2, 0.25) is 10.0 Å². The number of fused-ring (bicyclic) bond motifs is 1. The van der Waals surface area contributed by atoms with Gasteiger partial charge in [-0.15, -0.1) is 0 Å². The van der Waals surface area contributed by atoms with Crippen LogP contribution in [0.1, 0.15) is 5.82 Å². The molecule has 4 heteroatoms. The molecule has 1 heterocycles. The fourth-order valence-corrected chi connectivity index (χ4v) is 1.55. The third kappa shape index (κ3) is 1.08. The number of benzene rings is 1. The molecule has 1 N–H and O–H groups in total. The number of aromatic nitrogens is 2. The van der Waals surface area contributed by atoms with Gasteiger partial charge in [0.1, 0.15) is 11.3 Å². The second-order valence-electron chi connectivity index (χ2n) is 2.58. The first-order valence-corrected chi connectivity index (χ1v) is 4.24. The molecule has 0 radical (unpaired) electrons. The maximum Gasteiger partial charge on any atom is 0.109 e. The van der Waals surface area contributed by atoms with Crippen molar-refractivity contribution < 1.29 is 0 Å². The van der Waals surface area contributed by atoms with Crippen molar-refractivity contribution in [1.29, 1.82) is 0 Å². The van der Waals surface area contributed by atoms with Crippen LogP contribution in [0.5, 0.6) is 0 Å². The topological polar surface area (TPSA) is 28.7 Å². The molecule has 1 aromatic carbocycles. The van der Waals surface area contributed by atoms with Gasteiger partial charge in [-0.3, -0.25) is 0 Å². The average molecular weight is 201 g/mol. The molecule has 0 unspecified atom stereocenters. The second kappa shape index (κ2) is 2.64. The molecule has 2 nitrogen and oxygen atoms in total. The van der Waals surface area contributed by atoms with Gasteiger partial charge in [0.15, 0.2) is 0 Å². The van der Waals surface area contributed by atoms with Crippen LogP contribution in [-0.4, -0.2) is 9.97 Å². The fourth-order valence-electron chi connectivity index (χ4n) is 1.15. The Balaban J connectivity index is 2.93. The summed E-state index contributed by atoms with van der Waals surface area (Å²) in [4.78, 5) is 7.24. The summed E-state index contributed by atoms with van der Waals surface area (Å²) in [6.07, 6.45) is 0. The van der Waals surface area contributed by atoms with Gasteiger partial charge in [-0.05, 0) is 19.1 Å². The van der Waals surface area contributed by atoms with E-state index >= 15 is 0 Å². The van der Waals surface area contributed by atoms with Crippen molar-refractivity contribution in [3.8, 4) is 0 Å². The van der Waals surface area contributed by atoms with E-state index in [4.69, 9.17) is 23.2 Å². The van der Waals surface area contributed by atoms with Crippen molar-refractivity contribution in [2.75, 3.05) is 0 Å². The van der Waals surface area contributed by atoms with Crippen LogP contribution in [0.3, 0.4) is 0 Å². The number of aryl methyl sites for hydroxylation is 1. The molecule has 0 bridgehead atoms. The SMILES string of the molecule is Cc1nc2c(Cl)ccc(Cl)c2[nH]1. The lowest BCUT2D eigenvalue weighted by Crippen LogP contribution is -1.72.